The van der Waals surface area contributed by atoms with Crippen LogP contribution in [0.5, 0.6) is 0 Å². The maximum Gasteiger partial charge on any atom is 0.310 e. The minimum Gasteiger partial charge on any atom is -0.481 e. The number of amides is 1. The third-order valence-electron chi connectivity index (χ3n) is 4.41. The molecule has 0 radical (unpaired) electrons. The van der Waals surface area contributed by atoms with Gasteiger partial charge in [0.15, 0.2) is 0 Å². The molecule has 22 heavy (non-hydrogen) atoms. The third-order valence-corrected chi connectivity index (χ3v) is 4.41. The molecule has 0 spiro atoms. The van der Waals surface area contributed by atoms with Crippen LogP contribution in [0.25, 0.3) is 0 Å². The number of carboxylic acids is 1. The number of hydrogen-bond donors (Lipinski definition) is 2. The molecule has 2 rings (SSSR count). The van der Waals surface area contributed by atoms with Gasteiger partial charge in [0.1, 0.15) is 5.82 Å². The van der Waals surface area contributed by atoms with Crippen molar-refractivity contribution in [2.75, 3.05) is 5.32 Å². The highest BCUT2D eigenvalue weighted by Gasteiger charge is 2.40. The lowest BCUT2D eigenvalue weighted by Crippen LogP contribution is -2.35. The van der Waals surface area contributed by atoms with Crippen LogP contribution in [-0.4, -0.2) is 17.0 Å². The van der Waals surface area contributed by atoms with Crippen molar-refractivity contribution in [2.45, 2.75) is 51.9 Å². The normalized spacial score (nSPS) is 17.5. The zero-order valence-corrected chi connectivity index (χ0v) is 12.8. The summed E-state index contributed by atoms with van der Waals surface area (Å²) in [5.41, 5.74) is -0.0702. The largest absolute Gasteiger partial charge is 0.481 e. The van der Waals surface area contributed by atoms with E-state index in [1.165, 1.54) is 6.07 Å². The number of aryl methyl sites for hydroxylation is 1. The Balaban J connectivity index is 2.11. The van der Waals surface area contributed by atoms with E-state index >= 15 is 0 Å². The third kappa shape index (κ3) is 3.84. The minimum absolute atomic E-state index is 0.101. The molecule has 1 aromatic rings. The summed E-state index contributed by atoms with van der Waals surface area (Å²) >= 11 is 0. The van der Waals surface area contributed by atoms with Gasteiger partial charge in [0, 0.05) is 6.42 Å². The SMILES string of the molecule is Cc1ccc(F)c(NC(=O)CC2(C(=O)O)CCCCCC2)c1. The molecule has 0 bridgehead atoms. The highest BCUT2D eigenvalue weighted by Crippen LogP contribution is 2.38. The zero-order valence-electron chi connectivity index (χ0n) is 12.8. The van der Waals surface area contributed by atoms with Gasteiger partial charge in [0.05, 0.1) is 11.1 Å². The highest BCUT2D eigenvalue weighted by molar-refractivity contribution is 5.94. The van der Waals surface area contributed by atoms with E-state index in [9.17, 15) is 19.1 Å². The Kier molecular flexibility index (Phi) is 5.16. The van der Waals surface area contributed by atoms with Crippen LogP contribution in [0.3, 0.4) is 0 Å². The number of carbonyl (C=O) groups excluding carboxylic acids is 1. The fourth-order valence-electron chi connectivity index (χ4n) is 3.11. The van der Waals surface area contributed by atoms with E-state index in [0.29, 0.717) is 12.8 Å². The molecule has 0 heterocycles. The average Bonchev–Trinajstić information content (AvgIpc) is 2.69. The number of nitrogens with one attached hydrogen (secondary N) is 1. The van der Waals surface area contributed by atoms with Gasteiger partial charge in [-0.3, -0.25) is 9.59 Å². The number of hydrogen-bond acceptors (Lipinski definition) is 2. The van der Waals surface area contributed by atoms with Gasteiger partial charge in [-0.15, -0.1) is 0 Å². The Morgan fingerprint density at radius 2 is 1.86 bits per heavy atom. The number of anilines is 1. The van der Waals surface area contributed by atoms with Gasteiger partial charge in [0.25, 0.3) is 0 Å². The first-order valence-corrected chi connectivity index (χ1v) is 7.72. The standard InChI is InChI=1S/C17H22FNO3/c1-12-6-7-13(18)14(10-12)19-15(20)11-17(16(21)22)8-4-2-3-5-9-17/h6-7,10H,2-5,8-9,11H2,1H3,(H,19,20)(H,21,22). The summed E-state index contributed by atoms with van der Waals surface area (Å²) in [5, 5.41) is 12.1. The van der Waals surface area contributed by atoms with Gasteiger partial charge >= 0.3 is 5.97 Å². The van der Waals surface area contributed by atoms with Crippen LogP contribution < -0.4 is 5.32 Å². The molecule has 120 valence electrons. The summed E-state index contributed by atoms with van der Waals surface area (Å²) in [6.45, 7) is 1.80. The fraction of sp³-hybridized carbons (Fsp3) is 0.529. The maximum absolute atomic E-state index is 13.7. The Morgan fingerprint density at radius 3 is 2.45 bits per heavy atom. The summed E-state index contributed by atoms with van der Waals surface area (Å²) in [4.78, 5) is 23.9. The van der Waals surface area contributed by atoms with Gasteiger partial charge in [-0.2, -0.15) is 0 Å². The van der Waals surface area contributed by atoms with Crippen LogP contribution >= 0.6 is 0 Å². The van der Waals surface area contributed by atoms with Crippen LogP contribution in [0.15, 0.2) is 18.2 Å². The number of carbonyl (C=O) groups is 2. The molecule has 0 aliphatic heterocycles. The summed E-state index contributed by atoms with van der Waals surface area (Å²) in [6, 6.07) is 4.46. The van der Waals surface area contributed by atoms with E-state index in [2.05, 4.69) is 5.32 Å². The molecule has 0 aromatic heterocycles. The van der Waals surface area contributed by atoms with Crippen LogP contribution in [0, 0.1) is 18.2 Å². The lowest BCUT2D eigenvalue weighted by molar-refractivity contribution is -0.152. The second kappa shape index (κ2) is 6.90. The first-order valence-electron chi connectivity index (χ1n) is 7.72. The van der Waals surface area contributed by atoms with E-state index in [0.717, 1.165) is 31.2 Å². The van der Waals surface area contributed by atoms with Crippen molar-refractivity contribution < 1.29 is 19.1 Å². The maximum atomic E-state index is 13.7. The number of carboxylic acid groups (broad SMARTS) is 1. The lowest BCUT2D eigenvalue weighted by atomic mass is 9.77. The Labute approximate surface area is 129 Å². The monoisotopic (exact) mass is 307 g/mol. The van der Waals surface area contributed by atoms with Crippen LogP contribution in [0.1, 0.15) is 50.5 Å². The molecule has 1 fully saturated rings. The molecule has 0 atom stereocenters. The molecule has 5 heteroatoms. The van der Waals surface area contributed by atoms with Gasteiger partial charge in [-0.05, 0) is 37.5 Å². The highest BCUT2D eigenvalue weighted by atomic mass is 19.1. The first kappa shape index (κ1) is 16.5. The first-order chi connectivity index (χ1) is 10.4. The molecule has 4 nitrogen and oxygen atoms in total. The van der Waals surface area contributed by atoms with Crippen molar-refractivity contribution >= 4 is 17.6 Å². The predicted octanol–water partition coefficient (Wildman–Crippen LogP) is 3.89. The molecule has 0 saturated heterocycles. The van der Waals surface area contributed by atoms with Gasteiger partial charge in [0.2, 0.25) is 5.91 Å². The van der Waals surface area contributed by atoms with Crippen LogP contribution in [-0.2, 0) is 9.59 Å². The summed E-state index contributed by atoms with van der Waals surface area (Å²) in [6.07, 6.45) is 4.55. The number of benzene rings is 1. The molecular weight excluding hydrogens is 285 g/mol. The minimum atomic E-state index is -1.01. The van der Waals surface area contributed by atoms with Crippen molar-refractivity contribution in [2.24, 2.45) is 5.41 Å². The quantitative estimate of drug-likeness (QED) is 0.829. The molecule has 1 aliphatic carbocycles. The van der Waals surface area contributed by atoms with E-state index in [1.807, 2.05) is 0 Å². The molecule has 1 saturated carbocycles. The van der Waals surface area contributed by atoms with E-state index in [-0.39, 0.29) is 12.1 Å². The molecule has 1 aliphatic rings. The van der Waals surface area contributed by atoms with Crippen molar-refractivity contribution in [3.63, 3.8) is 0 Å². The molecule has 1 aromatic carbocycles. The lowest BCUT2D eigenvalue weighted by Gasteiger charge is -2.27. The van der Waals surface area contributed by atoms with E-state index in [1.54, 1.807) is 19.1 Å². The topological polar surface area (TPSA) is 66.4 Å². The number of rotatable bonds is 4. The molecule has 1 amide bonds. The average molecular weight is 307 g/mol. The second-order valence-electron chi connectivity index (χ2n) is 6.21. The van der Waals surface area contributed by atoms with Crippen molar-refractivity contribution in [3.05, 3.63) is 29.6 Å². The van der Waals surface area contributed by atoms with Gasteiger partial charge in [-0.1, -0.05) is 31.7 Å². The van der Waals surface area contributed by atoms with Crippen LogP contribution in [0.4, 0.5) is 10.1 Å². The summed E-state index contributed by atoms with van der Waals surface area (Å²) < 4.78 is 13.7. The second-order valence-corrected chi connectivity index (χ2v) is 6.21. The summed E-state index contributed by atoms with van der Waals surface area (Å²) in [7, 11) is 0. The van der Waals surface area contributed by atoms with Crippen molar-refractivity contribution in [3.8, 4) is 0 Å². The van der Waals surface area contributed by atoms with E-state index in [4.69, 9.17) is 0 Å². The number of aliphatic carboxylic acids is 1. The Bertz CT molecular complexity index is 563. The number of halogens is 1. The molecular formula is C17H22FNO3. The van der Waals surface area contributed by atoms with Crippen molar-refractivity contribution in [1.29, 1.82) is 0 Å². The molecule has 2 N–H and O–H groups in total. The van der Waals surface area contributed by atoms with E-state index < -0.39 is 23.1 Å². The van der Waals surface area contributed by atoms with Gasteiger partial charge in [-0.25, -0.2) is 4.39 Å². The van der Waals surface area contributed by atoms with Crippen LogP contribution in [0.2, 0.25) is 0 Å². The molecule has 0 unspecified atom stereocenters. The Hall–Kier alpha value is -1.91. The predicted molar refractivity (Wildman–Crippen MR) is 82.2 cm³/mol. The zero-order chi connectivity index (χ0) is 16.2. The Morgan fingerprint density at radius 1 is 1.23 bits per heavy atom. The smallest absolute Gasteiger partial charge is 0.310 e. The summed E-state index contributed by atoms with van der Waals surface area (Å²) in [5.74, 6) is -1.87. The fourth-order valence-corrected chi connectivity index (χ4v) is 3.11. The van der Waals surface area contributed by atoms with Crippen molar-refractivity contribution in [1.82, 2.24) is 0 Å². The van der Waals surface area contributed by atoms with Gasteiger partial charge < -0.3 is 10.4 Å².